The second-order valence-electron chi connectivity index (χ2n) is 4.55. The van der Waals surface area contributed by atoms with Gasteiger partial charge in [-0.2, -0.15) is 0 Å². The van der Waals surface area contributed by atoms with Crippen LogP contribution >= 0.6 is 0 Å². The van der Waals surface area contributed by atoms with Crippen LogP contribution in [-0.2, 0) is 9.84 Å². The summed E-state index contributed by atoms with van der Waals surface area (Å²) in [6, 6.07) is 8.63. The van der Waals surface area contributed by atoms with Crippen LogP contribution in [0.2, 0.25) is 0 Å². The lowest BCUT2D eigenvalue weighted by Crippen LogP contribution is -2.13. The lowest BCUT2D eigenvalue weighted by atomic mass is 10.2. The molecule has 2 N–H and O–H groups in total. The quantitative estimate of drug-likeness (QED) is 0.847. The minimum absolute atomic E-state index is 0.0117. The van der Waals surface area contributed by atoms with E-state index in [0.29, 0.717) is 0 Å². The fraction of sp³-hybridized carbons (Fsp3) is 0.133. The molecule has 0 atom stereocenters. The third-order valence-corrected chi connectivity index (χ3v) is 4.77. The van der Waals surface area contributed by atoms with E-state index >= 15 is 0 Å². The SMILES string of the molecule is CCS(=O)(=O)c1ccc(O)c(NC(=O)c2cccc(F)c2)c1. The third-order valence-electron chi connectivity index (χ3n) is 3.04. The van der Waals surface area contributed by atoms with Crippen LogP contribution in [0.1, 0.15) is 17.3 Å². The van der Waals surface area contributed by atoms with Crippen molar-refractivity contribution in [1.82, 2.24) is 0 Å². The Bertz CT molecular complexity index is 818. The van der Waals surface area contributed by atoms with Gasteiger partial charge in [0.05, 0.1) is 16.3 Å². The summed E-state index contributed by atoms with van der Waals surface area (Å²) in [5.74, 6) is -1.60. The molecule has 0 aliphatic carbocycles. The molecule has 0 spiro atoms. The molecule has 7 heteroatoms. The molecular formula is C15H14FNO4S. The van der Waals surface area contributed by atoms with Gasteiger partial charge in [0.15, 0.2) is 9.84 Å². The number of phenols is 1. The number of nitrogens with one attached hydrogen (secondary N) is 1. The smallest absolute Gasteiger partial charge is 0.255 e. The number of phenolic OH excluding ortho intramolecular Hbond substituents is 1. The topological polar surface area (TPSA) is 83.5 Å². The Morgan fingerprint density at radius 1 is 1.23 bits per heavy atom. The number of rotatable bonds is 4. The first kappa shape index (κ1) is 16.0. The summed E-state index contributed by atoms with van der Waals surface area (Å²) < 4.78 is 36.7. The fourth-order valence-electron chi connectivity index (χ4n) is 1.80. The van der Waals surface area contributed by atoms with Crippen molar-refractivity contribution in [1.29, 1.82) is 0 Å². The van der Waals surface area contributed by atoms with Crippen LogP contribution in [-0.4, -0.2) is 25.2 Å². The van der Waals surface area contributed by atoms with Gasteiger partial charge in [0.2, 0.25) is 0 Å². The van der Waals surface area contributed by atoms with E-state index in [-0.39, 0.29) is 27.6 Å². The Labute approximate surface area is 127 Å². The number of hydrogen-bond acceptors (Lipinski definition) is 4. The highest BCUT2D eigenvalue weighted by atomic mass is 32.2. The van der Waals surface area contributed by atoms with Gasteiger partial charge in [0.25, 0.3) is 5.91 Å². The Hall–Kier alpha value is -2.41. The van der Waals surface area contributed by atoms with Crippen LogP contribution in [0.4, 0.5) is 10.1 Å². The number of aromatic hydroxyl groups is 1. The second kappa shape index (κ2) is 6.15. The van der Waals surface area contributed by atoms with Crippen LogP contribution < -0.4 is 5.32 Å². The summed E-state index contributed by atoms with van der Waals surface area (Å²) in [4.78, 5) is 12.0. The predicted molar refractivity (Wildman–Crippen MR) is 80.2 cm³/mol. The number of benzene rings is 2. The fourth-order valence-corrected chi connectivity index (χ4v) is 2.71. The van der Waals surface area contributed by atoms with Crippen molar-refractivity contribution in [3.63, 3.8) is 0 Å². The first-order valence-electron chi connectivity index (χ1n) is 6.46. The highest BCUT2D eigenvalue weighted by Crippen LogP contribution is 2.27. The average Bonchev–Trinajstić information content (AvgIpc) is 2.49. The van der Waals surface area contributed by atoms with E-state index in [0.717, 1.165) is 6.07 Å². The molecule has 0 saturated heterocycles. The molecule has 0 unspecified atom stereocenters. The van der Waals surface area contributed by atoms with Gasteiger partial charge in [-0.1, -0.05) is 13.0 Å². The molecule has 0 aliphatic rings. The Morgan fingerprint density at radius 3 is 2.59 bits per heavy atom. The maximum atomic E-state index is 13.1. The third kappa shape index (κ3) is 3.43. The van der Waals surface area contributed by atoms with Gasteiger partial charge in [-0.05, 0) is 36.4 Å². The summed E-state index contributed by atoms with van der Waals surface area (Å²) in [5.41, 5.74) is 0.00642. The van der Waals surface area contributed by atoms with Crippen molar-refractivity contribution in [2.45, 2.75) is 11.8 Å². The number of hydrogen-bond donors (Lipinski definition) is 2. The first-order valence-corrected chi connectivity index (χ1v) is 8.11. The van der Waals surface area contributed by atoms with Gasteiger partial charge >= 0.3 is 0 Å². The number of carbonyl (C=O) groups excluding carboxylic acids is 1. The predicted octanol–water partition coefficient (Wildman–Crippen LogP) is 2.58. The zero-order valence-electron chi connectivity index (χ0n) is 11.7. The van der Waals surface area contributed by atoms with Crippen LogP contribution in [0.3, 0.4) is 0 Å². The van der Waals surface area contributed by atoms with E-state index in [1.165, 1.54) is 43.3 Å². The van der Waals surface area contributed by atoms with Crippen LogP contribution in [0.5, 0.6) is 5.75 Å². The molecule has 0 fully saturated rings. The number of amides is 1. The van der Waals surface area contributed by atoms with Crippen molar-refractivity contribution in [3.8, 4) is 5.75 Å². The van der Waals surface area contributed by atoms with E-state index in [1.807, 2.05) is 0 Å². The molecule has 2 rings (SSSR count). The van der Waals surface area contributed by atoms with Gasteiger partial charge in [-0.3, -0.25) is 4.79 Å². The zero-order valence-corrected chi connectivity index (χ0v) is 12.5. The molecule has 0 heterocycles. The highest BCUT2D eigenvalue weighted by molar-refractivity contribution is 7.91. The van der Waals surface area contributed by atoms with Gasteiger partial charge in [-0.25, -0.2) is 12.8 Å². The van der Waals surface area contributed by atoms with E-state index in [2.05, 4.69) is 5.32 Å². The Morgan fingerprint density at radius 2 is 1.95 bits per heavy atom. The van der Waals surface area contributed by atoms with E-state index in [4.69, 9.17) is 0 Å². The first-order chi connectivity index (χ1) is 10.3. The summed E-state index contributed by atoms with van der Waals surface area (Å²) in [5, 5.41) is 12.1. The molecule has 22 heavy (non-hydrogen) atoms. The van der Waals surface area contributed by atoms with Crippen molar-refractivity contribution in [2.24, 2.45) is 0 Å². The monoisotopic (exact) mass is 323 g/mol. The molecule has 116 valence electrons. The molecule has 2 aromatic carbocycles. The lowest BCUT2D eigenvalue weighted by molar-refractivity contribution is 0.102. The average molecular weight is 323 g/mol. The number of halogens is 1. The number of anilines is 1. The van der Waals surface area contributed by atoms with Crippen molar-refractivity contribution in [3.05, 3.63) is 53.8 Å². The lowest BCUT2D eigenvalue weighted by Gasteiger charge is -2.09. The summed E-state index contributed by atoms with van der Waals surface area (Å²) in [6.07, 6.45) is 0. The van der Waals surface area contributed by atoms with Crippen LogP contribution in [0, 0.1) is 5.82 Å². The van der Waals surface area contributed by atoms with Gasteiger partial charge < -0.3 is 10.4 Å². The number of carbonyl (C=O) groups is 1. The van der Waals surface area contributed by atoms with Crippen LogP contribution in [0.15, 0.2) is 47.4 Å². The van der Waals surface area contributed by atoms with Crippen molar-refractivity contribution in [2.75, 3.05) is 11.1 Å². The van der Waals surface area contributed by atoms with E-state index < -0.39 is 21.6 Å². The van der Waals surface area contributed by atoms with Crippen molar-refractivity contribution < 1.29 is 22.7 Å². The summed E-state index contributed by atoms with van der Waals surface area (Å²) in [7, 11) is -3.47. The molecule has 0 saturated carbocycles. The van der Waals surface area contributed by atoms with Gasteiger partial charge in [-0.15, -0.1) is 0 Å². The van der Waals surface area contributed by atoms with E-state index in [9.17, 15) is 22.7 Å². The minimum atomic E-state index is -3.47. The van der Waals surface area contributed by atoms with E-state index in [1.54, 1.807) is 0 Å². The van der Waals surface area contributed by atoms with Gasteiger partial charge in [0, 0.05) is 5.56 Å². The summed E-state index contributed by atoms with van der Waals surface area (Å²) >= 11 is 0. The molecular weight excluding hydrogens is 309 g/mol. The second-order valence-corrected chi connectivity index (χ2v) is 6.83. The maximum Gasteiger partial charge on any atom is 0.255 e. The Kier molecular flexibility index (Phi) is 4.46. The molecule has 5 nitrogen and oxygen atoms in total. The molecule has 2 aromatic rings. The number of sulfone groups is 1. The maximum absolute atomic E-state index is 13.1. The Balaban J connectivity index is 2.33. The zero-order chi connectivity index (χ0) is 16.3. The van der Waals surface area contributed by atoms with Gasteiger partial charge in [0.1, 0.15) is 11.6 Å². The molecule has 0 radical (unpaired) electrons. The molecule has 1 amide bonds. The normalized spacial score (nSPS) is 11.2. The standard InChI is InChI=1S/C15H14FNO4S/c1-2-22(20,21)12-6-7-14(18)13(9-12)17-15(19)10-4-3-5-11(16)8-10/h3-9,18H,2H2,1H3,(H,17,19). The minimum Gasteiger partial charge on any atom is -0.506 e. The van der Waals surface area contributed by atoms with Crippen molar-refractivity contribution >= 4 is 21.4 Å². The highest BCUT2D eigenvalue weighted by Gasteiger charge is 2.16. The molecule has 0 aliphatic heterocycles. The van der Waals surface area contributed by atoms with Crippen LogP contribution in [0.25, 0.3) is 0 Å². The summed E-state index contributed by atoms with van der Waals surface area (Å²) in [6.45, 7) is 1.49. The molecule has 0 bridgehead atoms. The molecule has 0 aromatic heterocycles. The largest absolute Gasteiger partial charge is 0.506 e.